The lowest BCUT2D eigenvalue weighted by atomic mass is 10.1. The number of ether oxygens (including phenoxy) is 1. The molecule has 3 rings (SSSR count). The average Bonchev–Trinajstić information content (AvgIpc) is 3.05. The Morgan fingerprint density at radius 1 is 1.22 bits per heavy atom. The zero-order chi connectivity index (χ0) is 23.7. The zero-order valence-corrected chi connectivity index (χ0v) is 19.3. The predicted molar refractivity (Wildman–Crippen MR) is 125 cm³/mol. The molecule has 32 heavy (non-hydrogen) atoms. The fraction of sp³-hybridized carbons (Fsp3) is 0.435. The summed E-state index contributed by atoms with van der Waals surface area (Å²) in [6, 6.07) is 5.27. The van der Waals surface area contributed by atoms with E-state index in [-0.39, 0.29) is 35.6 Å². The molecule has 0 unspecified atom stereocenters. The van der Waals surface area contributed by atoms with E-state index in [2.05, 4.69) is 4.98 Å². The van der Waals surface area contributed by atoms with Crippen LogP contribution in [0.4, 0.5) is 11.5 Å². The van der Waals surface area contributed by atoms with Crippen molar-refractivity contribution in [3.8, 4) is 5.75 Å². The Morgan fingerprint density at radius 2 is 1.91 bits per heavy atom. The first kappa shape index (κ1) is 23.2. The molecule has 0 fully saturated rings. The number of amides is 1. The summed E-state index contributed by atoms with van der Waals surface area (Å²) in [5.74, 6) is 0.328. The highest BCUT2D eigenvalue weighted by Crippen LogP contribution is 2.31. The van der Waals surface area contributed by atoms with Gasteiger partial charge in [-0.3, -0.25) is 24.0 Å². The Bertz CT molecular complexity index is 1270. The number of carbonyl (C=O) groups excluding carboxylic acids is 1. The molecule has 0 spiro atoms. The van der Waals surface area contributed by atoms with Crippen molar-refractivity contribution in [2.24, 2.45) is 11.8 Å². The number of furan rings is 1. The number of anilines is 2. The van der Waals surface area contributed by atoms with Crippen molar-refractivity contribution in [2.45, 2.75) is 41.2 Å². The predicted octanol–water partition coefficient (Wildman–Crippen LogP) is 3.14. The summed E-state index contributed by atoms with van der Waals surface area (Å²) in [6.45, 7) is 10.0. The molecule has 0 saturated heterocycles. The van der Waals surface area contributed by atoms with E-state index in [0.717, 1.165) is 5.39 Å². The number of hydrogen-bond acceptors (Lipinski definition) is 6. The third-order valence-electron chi connectivity index (χ3n) is 5.16. The number of hydrogen-bond donors (Lipinski definition) is 2. The molecular formula is C23H30N4O5. The summed E-state index contributed by atoms with van der Waals surface area (Å²) >= 11 is 0. The summed E-state index contributed by atoms with van der Waals surface area (Å²) in [7, 11) is 1.56. The molecule has 0 bridgehead atoms. The van der Waals surface area contributed by atoms with Crippen LogP contribution in [0.1, 0.15) is 43.8 Å². The summed E-state index contributed by atoms with van der Waals surface area (Å²) in [4.78, 5) is 42.4. The second kappa shape index (κ2) is 8.94. The average molecular weight is 443 g/mol. The highest BCUT2D eigenvalue weighted by atomic mass is 16.5. The van der Waals surface area contributed by atoms with Crippen molar-refractivity contribution in [2.75, 3.05) is 24.3 Å². The minimum atomic E-state index is -0.711. The lowest BCUT2D eigenvalue weighted by molar-refractivity contribution is 0.0958. The van der Waals surface area contributed by atoms with E-state index in [1.54, 1.807) is 32.2 Å². The fourth-order valence-electron chi connectivity index (χ4n) is 3.68. The molecule has 2 aromatic heterocycles. The third-order valence-corrected chi connectivity index (χ3v) is 5.16. The van der Waals surface area contributed by atoms with Crippen LogP contribution in [-0.2, 0) is 6.54 Å². The molecule has 0 radical (unpaired) electrons. The molecule has 1 aromatic carbocycles. The Hall–Kier alpha value is -3.49. The van der Waals surface area contributed by atoms with Crippen LogP contribution in [0.5, 0.6) is 5.75 Å². The van der Waals surface area contributed by atoms with Gasteiger partial charge in [-0.1, -0.05) is 27.7 Å². The number of nitrogens with zero attached hydrogens (tertiary/aromatic N) is 2. The van der Waals surface area contributed by atoms with Gasteiger partial charge in [0, 0.05) is 24.0 Å². The number of methoxy groups -OCH3 is 1. The standard InChI is InChI=1S/C23H30N4O5/c1-12(2)10-26(18-20(24)27(11-13(3)4)23(30)25-21(18)28)22(29)19-14(5)16-9-15(31-6)7-8-17(16)32-19/h7-9,12-13H,10-11,24H2,1-6H3,(H,25,28,30). The van der Waals surface area contributed by atoms with Crippen LogP contribution in [-0.4, -0.2) is 29.1 Å². The van der Waals surface area contributed by atoms with Crippen LogP contribution in [0.2, 0.25) is 0 Å². The first-order valence-electron chi connectivity index (χ1n) is 10.6. The van der Waals surface area contributed by atoms with E-state index in [0.29, 0.717) is 23.4 Å². The van der Waals surface area contributed by atoms with Gasteiger partial charge in [-0.05, 0) is 37.0 Å². The highest BCUT2D eigenvalue weighted by Gasteiger charge is 2.30. The Kier molecular flexibility index (Phi) is 6.47. The van der Waals surface area contributed by atoms with Crippen LogP contribution in [0.15, 0.2) is 32.2 Å². The van der Waals surface area contributed by atoms with Gasteiger partial charge in [0.25, 0.3) is 11.5 Å². The van der Waals surface area contributed by atoms with E-state index >= 15 is 0 Å². The summed E-state index contributed by atoms with van der Waals surface area (Å²) in [6.07, 6.45) is 0. The molecule has 0 atom stereocenters. The highest BCUT2D eigenvalue weighted by molar-refractivity contribution is 6.09. The lowest BCUT2D eigenvalue weighted by Crippen LogP contribution is -2.43. The molecule has 2 heterocycles. The van der Waals surface area contributed by atoms with Gasteiger partial charge in [0.05, 0.1) is 7.11 Å². The van der Waals surface area contributed by atoms with Gasteiger partial charge in [0.2, 0.25) is 0 Å². The number of aryl methyl sites for hydroxylation is 1. The third kappa shape index (κ3) is 4.28. The van der Waals surface area contributed by atoms with Crippen molar-refractivity contribution >= 4 is 28.4 Å². The van der Waals surface area contributed by atoms with Crippen LogP contribution in [0.25, 0.3) is 11.0 Å². The van der Waals surface area contributed by atoms with E-state index < -0.39 is 17.2 Å². The van der Waals surface area contributed by atoms with Crippen molar-refractivity contribution in [3.05, 3.63) is 50.4 Å². The largest absolute Gasteiger partial charge is 0.497 e. The molecule has 172 valence electrons. The Labute approximate surface area is 185 Å². The minimum Gasteiger partial charge on any atom is -0.497 e. The molecular weight excluding hydrogens is 412 g/mol. The summed E-state index contributed by atoms with van der Waals surface area (Å²) < 4.78 is 12.4. The molecule has 9 heteroatoms. The van der Waals surface area contributed by atoms with Crippen LogP contribution in [0.3, 0.4) is 0 Å². The van der Waals surface area contributed by atoms with Crippen molar-refractivity contribution in [3.63, 3.8) is 0 Å². The van der Waals surface area contributed by atoms with Crippen LogP contribution < -0.4 is 26.6 Å². The topological polar surface area (TPSA) is 124 Å². The van der Waals surface area contributed by atoms with Gasteiger partial charge in [-0.15, -0.1) is 0 Å². The monoisotopic (exact) mass is 442 g/mol. The molecule has 3 aromatic rings. The van der Waals surface area contributed by atoms with Gasteiger partial charge >= 0.3 is 5.69 Å². The molecule has 0 aliphatic heterocycles. The normalized spacial score (nSPS) is 11.5. The molecule has 9 nitrogen and oxygen atoms in total. The summed E-state index contributed by atoms with van der Waals surface area (Å²) in [5.41, 5.74) is 6.07. The van der Waals surface area contributed by atoms with E-state index in [1.165, 1.54) is 9.47 Å². The Balaban J connectivity index is 2.19. The van der Waals surface area contributed by atoms with Gasteiger partial charge in [-0.2, -0.15) is 0 Å². The van der Waals surface area contributed by atoms with Crippen molar-refractivity contribution < 1.29 is 13.9 Å². The summed E-state index contributed by atoms with van der Waals surface area (Å²) in [5, 5.41) is 0.740. The SMILES string of the molecule is COc1ccc2oc(C(=O)N(CC(C)C)c3c(N)n(CC(C)C)c(=O)[nH]c3=O)c(C)c2c1. The number of nitrogens with one attached hydrogen (secondary N) is 1. The number of aromatic amines is 1. The molecule has 1 amide bonds. The number of nitrogens with two attached hydrogens (primary N) is 1. The molecule has 0 aliphatic rings. The smallest absolute Gasteiger partial charge is 0.330 e. The van der Waals surface area contributed by atoms with Gasteiger partial charge in [0.15, 0.2) is 11.4 Å². The van der Waals surface area contributed by atoms with Crippen LogP contribution in [0, 0.1) is 18.8 Å². The van der Waals surface area contributed by atoms with Gasteiger partial charge < -0.3 is 14.9 Å². The number of aromatic nitrogens is 2. The van der Waals surface area contributed by atoms with Gasteiger partial charge in [-0.25, -0.2) is 4.79 Å². The number of H-pyrrole nitrogens is 1. The minimum absolute atomic E-state index is 0.0213. The Morgan fingerprint density at radius 3 is 2.50 bits per heavy atom. The molecule has 0 saturated carbocycles. The lowest BCUT2D eigenvalue weighted by Gasteiger charge is -2.25. The maximum atomic E-state index is 13.7. The zero-order valence-electron chi connectivity index (χ0n) is 19.3. The number of fused-ring (bicyclic) bond motifs is 1. The van der Waals surface area contributed by atoms with Crippen molar-refractivity contribution in [1.82, 2.24) is 9.55 Å². The van der Waals surface area contributed by atoms with Gasteiger partial charge in [0.1, 0.15) is 17.2 Å². The number of benzene rings is 1. The molecule has 0 aliphatic carbocycles. The first-order chi connectivity index (χ1) is 15.0. The van der Waals surface area contributed by atoms with E-state index in [4.69, 9.17) is 14.9 Å². The second-order valence-corrected chi connectivity index (χ2v) is 8.73. The van der Waals surface area contributed by atoms with E-state index in [9.17, 15) is 14.4 Å². The number of carbonyl (C=O) groups is 1. The van der Waals surface area contributed by atoms with Crippen molar-refractivity contribution in [1.29, 1.82) is 0 Å². The second-order valence-electron chi connectivity index (χ2n) is 8.73. The fourth-order valence-corrected chi connectivity index (χ4v) is 3.68. The maximum Gasteiger partial charge on any atom is 0.330 e. The van der Waals surface area contributed by atoms with E-state index in [1.807, 2.05) is 27.7 Å². The number of rotatable bonds is 7. The van der Waals surface area contributed by atoms with Crippen LogP contribution >= 0.6 is 0 Å². The first-order valence-corrected chi connectivity index (χ1v) is 10.6. The quantitative estimate of drug-likeness (QED) is 0.579. The molecule has 3 N–H and O–H groups in total. The maximum absolute atomic E-state index is 13.7. The number of nitrogen functional groups attached to an aromatic ring is 1.